The van der Waals surface area contributed by atoms with Gasteiger partial charge in [0.2, 0.25) is 0 Å². The van der Waals surface area contributed by atoms with Gasteiger partial charge in [-0.25, -0.2) is 4.79 Å². The number of carbonyl (C=O) groups is 1. The number of carboxylic acid groups (broad SMARTS) is 1. The first-order valence-corrected chi connectivity index (χ1v) is 5.28. The molecular weight excluding hydrogens is 226 g/mol. The summed E-state index contributed by atoms with van der Waals surface area (Å²) in [6.07, 6.45) is 2.25. The molecule has 0 aromatic carbocycles. The Labute approximate surface area is 99.1 Å². The predicted molar refractivity (Wildman–Crippen MR) is 60.9 cm³/mol. The summed E-state index contributed by atoms with van der Waals surface area (Å²) in [6.45, 7) is 2.27. The van der Waals surface area contributed by atoms with Gasteiger partial charge in [-0.15, -0.1) is 0 Å². The average molecular weight is 243 g/mol. The molecule has 0 bridgehead atoms. The number of aromatic carboxylic acids is 1. The number of aromatic nitrogens is 2. The molecule has 0 spiro atoms. The maximum atomic E-state index is 10.7. The molecule has 1 heterocycles. The largest absolute Gasteiger partial charge is 0.476 e. The minimum Gasteiger partial charge on any atom is -0.476 e. The van der Waals surface area contributed by atoms with Crippen LogP contribution in [0.4, 0.5) is 5.69 Å². The lowest BCUT2D eigenvalue weighted by Crippen LogP contribution is -2.07. The quantitative estimate of drug-likeness (QED) is 0.633. The van der Waals surface area contributed by atoms with Gasteiger partial charge in [0.1, 0.15) is 0 Å². The van der Waals surface area contributed by atoms with Crippen molar-refractivity contribution in [2.24, 2.45) is 0 Å². The Bertz CT molecular complexity index is 364. The van der Waals surface area contributed by atoms with Crippen molar-refractivity contribution in [3.8, 4) is 0 Å². The first-order chi connectivity index (χ1) is 8.15. The van der Waals surface area contributed by atoms with Crippen LogP contribution >= 0.6 is 0 Å². The first-order valence-electron chi connectivity index (χ1n) is 5.28. The molecule has 0 atom stereocenters. The van der Waals surface area contributed by atoms with Gasteiger partial charge in [-0.05, 0) is 6.42 Å². The first kappa shape index (κ1) is 13.5. The van der Waals surface area contributed by atoms with Crippen LogP contribution in [-0.4, -0.2) is 47.8 Å². The number of carboxylic acids is 1. The van der Waals surface area contributed by atoms with Gasteiger partial charge in [0, 0.05) is 26.5 Å². The van der Waals surface area contributed by atoms with E-state index in [-0.39, 0.29) is 11.4 Å². The molecule has 3 N–H and O–H groups in total. The summed E-state index contributed by atoms with van der Waals surface area (Å²) < 4.78 is 11.6. The van der Waals surface area contributed by atoms with Gasteiger partial charge in [0.25, 0.3) is 0 Å². The van der Waals surface area contributed by atoms with Gasteiger partial charge < -0.3 is 20.3 Å². The maximum Gasteiger partial charge on any atom is 0.358 e. The van der Waals surface area contributed by atoms with Crippen molar-refractivity contribution in [1.29, 1.82) is 0 Å². The van der Waals surface area contributed by atoms with Crippen LogP contribution in [0.2, 0.25) is 0 Å². The van der Waals surface area contributed by atoms with Gasteiger partial charge in [0.05, 0.1) is 18.9 Å². The summed E-state index contributed by atoms with van der Waals surface area (Å²) >= 11 is 0. The van der Waals surface area contributed by atoms with Crippen molar-refractivity contribution in [3.05, 3.63) is 11.9 Å². The number of nitrogens with two attached hydrogens (primary N) is 1. The van der Waals surface area contributed by atoms with Crippen LogP contribution in [0.15, 0.2) is 6.20 Å². The fourth-order valence-electron chi connectivity index (χ4n) is 1.29. The molecule has 0 aliphatic rings. The van der Waals surface area contributed by atoms with Gasteiger partial charge >= 0.3 is 5.97 Å². The van der Waals surface area contributed by atoms with E-state index >= 15 is 0 Å². The van der Waals surface area contributed by atoms with E-state index in [1.807, 2.05) is 0 Å². The molecule has 1 aromatic heterocycles. The van der Waals surface area contributed by atoms with Gasteiger partial charge in [-0.1, -0.05) is 0 Å². The molecule has 1 rings (SSSR count). The third-order valence-corrected chi connectivity index (χ3v) is 2.10. The van der Waals surface area contributed by atoms with Crippen molar-refractivity contribution >= 4 is 11.7 Å². The van der Waals surface area contributed by atoms with E-state index in [1.165, 1.54) is 10.9 Å². The lowest BCUT2D eigenvalue weighted by molar-refractivity contribution is 0.0672. The van der Waals surface area contributed by atoms with Crippen LogP contribution in [0, 0.1) is 0 Å². The number of nitrogens with zero attached hydrogens (tertiary/aromatic N) is 2. The highest BCUT2D eigenvalue weighted by atomic mass is 16.5. The molecule has 0 unspecified atom stereocenters. The Kier molecular flexibility index (Phi) is 5.44. The van der Waals surface area contributed by atoms with Crippen LogP contribution in [0.5, 0.6) is 0 Å². The van der Waals surface area contributed by atoms with Crippen molar-refractivity contribution in [2.75, 3.05) is 32.7 Å². The molecule has 96 valence electrons. The van der Waals surface area contributed by atoms with E-state index in [4.69, 9.17) is 20.3 Å². The summed E-state index contributed by atoms with van der Waals surface area (Å²) in [5, 5.41) is 12.6. The maximum absolute atomic E-state index is 10.7. The van der Waals surface area contributed by atoms with E-state index in [9.17, 15) is 4.79 Å². The average Bonchev–Trinajstić information content (AvgIpc) is 2.65. The van der Waals surface area contributed by atoms with Crippen LogP contribution < -0.4 is 5.73 Å². The zero-order valence-electron chi connectivity index (χ0n) is 9.76. The van der Waals surface area contributed by atoms with E-state index in [0.29, 0.717) is 26.4 Å². The SMILES string of the molecule is COCCOCCCn1cc(N)c(C(=O)O)n1. The molecule has 17 heavy (non-hydrogen) atoms. The van der Waals surface area contributed by atoms with Crippen LogP contribution in [0.25, 0.3) is 0 Å². The summed E-state index contributed by atoms with van der Waals surface area (Å²) in [6, 6.07) is 0. The van der Waals surface area contributed by atoms with E-state index in [2.05, 4.69) is 5.10 Å². The second kappa shape index (κ2) is 6.87. The molecule has 0 aliphatic carbocycles. The molecule has 0 amide bonds. The second-order valence-corrected chi connectivity index (χ2v) is 3.46. The summed E-state index contributed by atoms with van der Waals surface area (Å²) in [5.41, 5.74) is 5.57. The van der Waals surface area contributed by atoms with Crippen LogP contribution in [-0.2, 0) is 16.0 Å². The lowest BCUT2D eigenvalue weighted by atomic mass is 10.4. The minimum absolute atomic E-state index is 0.106. The van der Waals surface area contributed by atoms with Gasteiger partial charge in [-0.3, -0.25) is 4.68 Å². The molecular formula is C10H17N3O4. The third kappa shape index (κ3) is 4.41. The standard InChI is InChI=1S/C10H17N3O4/c1-16-5-6-17-4-2-3-13-7-8(11)9(12-13)10(14)15/h7H,2-6,11H2,1H3,(H,14,15). The molecule has 1 aromatic rings. The molecule has 0 aliphatic heterocycles. The van der Waals surface area contributed by atoms with Gasteiger partial charge in [-0.2, -0.15) is 5.10 Å². The van der Waals surface area contributed by atoms with E-state index < -0.39 is 5.97 Å². The fourth-order valence-corrected chi connectivity index (χ4v) is 1.29. The van der Waals surface area contributed by atoms with Crippen LogP contribution in [0.1, 0.15) is 16.9 Å². The topological polar surface area (TPSA) is 99.6 Å². The number of nitrogen functional groups attached to an aromatic ring is 1. The summed E-state index contributed by atoms with van der Waals surface area (Å²) in [7, 11) is 1.61. The van der Waals surface area contributed by atoms with E-state index in [0.717, 1.165) is 6.42 Å². The summed E-state index contributed by atoms with van der Waals surface area (Å²) in [5.74, 6) is -1.11. The number of methoxy groups -OCH3 is 1. The lowest BCUT2D eigenvalue weighted by Gasteiger charge is -2.03. The normalized spacial score (nSPS) is 10.6. The predicted octanol–water partition coefficient (Wildman–Crippen LogP) is 0.217. The molecule has 0 saturated carbocycles. The molecule has 0 radical (unpaired) electrons. The highest BCUT2D eigenvalue weighted by molar-refractivity contribution is 5.91. The van der Waals surface area contributed by atoms with Crippen molar-refractivity contribution in [2.45, 2.75) is 13.0 Å². The molecule has 7 heteroatoms. The Morgan fingerprint density at radius 3 is 2.88 bits per heavy atom. The van der Waals surface area contributed by atoms with E-state index in [1.54, 1.807) is 7.11 Å². The Morgan fingerprint density at radius 2 is 2.29 bits per heavy atom. The van der Waals surface area contributed by atoms with Crippen LogP contribution in [0.3, 0.4) is 0 Å². The Morgan fingerprint density at radius 1 is 1.53 bits per heavy atom. The van der Waals surface area contributed by atoms with Gasteiger partial charge in [0.15, 0.2) is 5.69 Å². The number of hydrogen-bond donors (Lipinski definition) is 2. The summed E-state index contributed by atoms with van der Waals surface area (Å²) in [4.78, 5) is 10.7. The highest BCUT2D eigenvalue weighted by Gasteiger charge is 2.12. The zero-order valence-corrected chi connectivity index (χ0v) is 9.76. The molecule has 0 saturated heterocycles. The van der Waals surface area contributed by atoms with Crippen molar-refractivity contribution in [3.63, 3.8) is 0 Å². The Balaban J connectivity index is 2.27. The number of ether oxygens (including phenoxy) is 2. The fraction of sp³-hybridized carbons (Fsp3) is 0.600. The molecule has 7 nitrogen and oxygen atoms in total. The number of aryl methyl sites for hydroxylation is 1. The number of rotatable bonds is 8. The number of anilines is 1. The Hall–Kier alpha value is -1.60. The zero-order chi connectivity index (χ0) is 12.7. The second-order valence-electron chi connectivity index (χ2n) is 3.46. The molecule has 0 fully saturated rings. The van der Waals surface area contributed by atoms with Crippen molar-refractivity contribution in [1.82, 2.24) is 9.78 Å². The third-order valence-electron chi connectivity index (χ3n) is 2.10. The highest BCUT2D eigenvalue weighted by Crippen LogP contribution is 2.08. The monoisotopic (exact) mass is 243 g/mol. The minimum atomic E-state index is -1.11. The smallest absolute Gasteiger partial charge is 0.358 e. The number of hydrogen-bond acceptors (Lipinski definition) is 5. The van der Waals surface area contributed by atoms with Crippen molar-refractivity contribution < 1.29 is 19.4 Å².